The van der Waals surface area contributed by atoms with Gasteiger partial charge in [-0.1, -0.05) is 142 Å². The molecule has 0 N–H and O–H groups in total. The molecule has 0 fully saturated rings. The zero-order valence-corrected chi connectivity index (χ0v) is 32.9. The van der Waals surface area contributed by atoms with Gasteiger partial charge in [0.15, 0.2) is 0 Å². The zero-order chi connectivity index (χ0) is 38.8. The standard InChI is InChI=1S/C55H44N2/c1-6-38(39-17-9-7-10-18-39)31-36(2)37(3)56(43-28-27-41-26-25-40-19-13-14-22-45(40)47(41)32-43)44-29-30-53-49(33-44)50-34-48-46-23-15-16-24-51(46)55(4,5)52(48)35-54(50)57(53)42-20-11-8-12-21-42/h6-35H,3H2,1-2,4-5H3/b36-31-,38-6+. The van der Waals surface area contributed by atoms with Gasteiger partial charge in [0.25, 0.3) is 0 Å². The second kappa shape index (κ2) is 13.4. The van der Waals surface area contributed by atoms with Gasteiger partial charge < -0.3 is 9.47 Å². The Morgan fingerprint density at radius 1 is 0.561 bits per heavy atom. The minimum Gasteiger partial charge on any atom is -0.311 e. The second-order valence-electron chi connectivity index (χ2n) is 15.9. The van der Waals surface area contributed by atoms with E-state index in [4.69, 9.17) is 6.58 Å². The molecule has 2 heteroatoms. The third-order valence-electron chi connectivity index (χ3n) is 12.2. The summed E-state index contributed by atoms with van der Waals surface area (Å²) in [5.41, 5.74) is 15.3. The van der Waals surface area contributed by atoms with E-state index in [1.807, 2.05) is 0 Å². The molecular formula is C55H44N2. The number of benzene rings is 8. The number of hydrogen-bond donors (Lipinski definition) is 0. The minimum absolute atomic E-state index is 0.104. The highest BCUT2D eigenvalue weighted by Gasteiger charge is 2.36. The van der Waals surface area contributed by atoms with E-state index in [9.17, 15) is 0 Å². The van der Waals surface area contributed by atoms with E-state index in [-0.39, 0.29) is 5.41 Å². The predicted octanol–water partition coefficient (Wildman–Crippen LogP) is 15.1. The van der Waals surface area contributed by atoms with Crippen LogP contribution in [0.4, 0.5) is 11.4 Å². The van der Waals surface area contributed by atoms with Crippen LogP contribution in [0, 0.1) is 0 Å². The van der Waals surface area contributed by atoms with Gasteiger partial charge in [-0.2, -0.15) is 0 Å². The Balaban J connectivity index is 1.22. The Bertz CT molecular complexity index is 3120. The van der Waals surface area contributed by atoms with Crippen molar-refractivity contribution >= 4 is 60.3 Å². The average Bonchev–Trinajstić information content (AvgIpc) is 3.69. The Hall–Kier alpha value is -6.90. The number of anilines is 2. The summed E-state index contributed by atoms with van der Waals surface area (Å²) >= 11 is 0. The molecule has 0 saturated heterocycles. The number of allylic oxidation sites excluding steroid dienone is 4. The van der Waals surface area contributed by atoms with Crippen molar-refractivity contribution in [2.75, 3.05) is 4.90 Å². The van der Waals surface area contributed by atoms with Gasteiger partial charge in [0.1, 0.15) is 0 Å². The number of hydrogen-bond acceptors (Lipinski definition) is 1. The molecule has 274 valence electrons. The van der Waals surface area contributed by atoms with Crippen molar-refractivity contribution in [1.82, 2.24) is 4.57 Å². The summed E-state index contributed by atoms with van der Waals surface area (Å²) in [5.74, 6) is 0. The largest absolute Gasteiger partial charge is 0.311 e. The SMILES string of the molecule is C=C(/C(C)=C\C(=C/C)c1ccccc1)N(c1ccc2ccc3ccccc3c2c1)c1ccc2c(c1)c1cc3c(cc1n2-c1ccccc1)C(C)(C)c1ccccc1-3. The van der Waals surface area contributed by atoms with Crippen LogP contribution in [0.2, 0.25) is 0 Å². The molecule has 0 spiro atoms. The Kier molecular flexibility index (Phi) is 8.12. The van der Waals surface area contributed by atoms with Crippen LogP contribution in [0.1, 0.15) is 44.4 Å². The van der Waals surface area contributed by atoms with E-state index in [0.29, 0.717) is 0 Å². The molecule has 0 amide bonds. The molecule has 0 atom stereocenters. The Labute approximate surface area is 335 Å². The van der Waals surface area contributed by atoms with E-state index < -0.39 is 0 Å². The molecule has 2 nitrogen and oxygen atoms in total. The smallest absolute Gasteiger partial charge is 0.0544 e. The zero-order valence-electron chi connectivity index (χ0n) is 32.9. The lowest BCUT2D eigenvalue weighted by molar-refractivity contribution is 0.661. The maximum absolute atomic E-state index is 4.84. The number of fused-ring (bicyclic) bond motifs is 9. The average molecular weight is 733 g/mol. The van der Waals surface area contributed by atoms with Gasteiger partial charge in [-0.25, -0.2) is 0 Å². The highest BCUT2D eigenvalue weighted by atomic mass is 15.1. The van der Waals surface area contributed by atoms with Crippen molar-refractivity contribution in [3.63, 3.8) is 0 Å². The summed E-state index contributed by atoms with van der Waals surface area (Å²) in [5, 5.41) is 7.37. The lowest BCUT2D eigenvalue weighted by Gasteiger charge is -2.28. The first-order chi connectivity index (χ1) is 27.8. The lowest BCUT2D eigenvalue weighted by atomic mass is 9.82. The van der Waals surface area contributed by atoms with E-state index in [0.717, 1.165) is 33.9 Å². The van der Waals surface area contributed by atoms with Crippen LogP contribution in [0.5, 0.6) is 0 Å². The first-order valence-electron chi connectivity index (χ1n) is 19.9. The molecule has 1 aromatic heterocycles. The molecule has 9 aromatic rings. The molecule has 57 heavy (non-hydrogen) atoms. The number of rotatable bonds is 7. The van der Waals surface area contributed by atoms with Crippen molar-refractivity contribution in [3.8, 4) is 16.8 Å². The quantitative estimate of drug-likeness (QED) is 0.117. The van der Waals surface area contributed by atoms with Crippen molar-refractivity contribution in [1.29, 1.82) is 0 Å². The monoisotopic (exact) mass is 732 g/mol. The Morgan fingerprint density at radius 3 is 1.95 bits per heavy atom. The van der Waals surface area contributed by atoms with Crippen LogP contribution >= 0.6 is 0 Å². The first-order valence-corrected chi connectivity index (χ1v) is 19.9. The number of aromatic nitrogens is 1. The van der Waals surface area contributed by atoms with Crippen LogP contribution in [0.25, 0.3) is 65.7 Å². The van der Waals surface area contributed by atoms with Crippen molar-refractivity contribution in [2.45, 2.75) is 33.1 Å². The van der Waals surface area contributed by atoms with Crippen LogP contribution in [0.15, 0.2) is 200 Å². The molecule has 0 aliphatic heterocycles. The maximum atomic E-state index is 4.84. The highest BCUT2D eigenvalue weighted by molar-refractivity contribution is 6.13. The van der Waals surface area contributed by atoms with Gasteiger partial charge in [0.2, 0.25) is 0 Å². The van der Waals surface area contributed by atoms with Crippen LogP contribution in [-0.4, -0.2) is 4.57 Å². The molecule has 1 aliphatic carbocycles. The fourth-order valence-electron chi connectivity index (χ4n) is 9.24. The summed E-state index contributed by atoms with van der Waals surface area (Å²) in [4.78, 5) is 2.35. The molecule has 10 rings (SSSR count). The summed E-state index contributed by atoms with van der Waals surface area (Å²) in [6, 6.07) is 62.1. The Morgan fingerprint density at radius 2 is 1.18 bits per heavy atom. The molecule has 1 heterocycles. The highest BCUT2D eigenvalue weighted by Crippen LogP contribution is 2.51. The van der Waals surface area contributed by atoms with Gasteiger partial charge >= 0.3 is 0 Å². The maximum Gasteiger partial charge on any atom is 0.0544 e. The molecular weight excluding hydrogens is 689 g/mol. The van der Waals surface area contributed by atoms with Crippen LogP contribution in [0.3, 0.4) is 0 Å². The topological polar surface area (TPSA) is 8.17 Å². The second-order valence-corrected chi connectivity index (χ2v) is 15.9. The number of nitrogens with zero attached hydrogens (tertiary/aromatic N) is 2. The molecule has 0 unspecified atom stereocenters. The van der Waals surface area contributed by atoms with Gasteiger partial charge in [0, 0.05) is 38.9 Å². The van der Waals surface area contributed by atoms with Gasteiger partial charge in [-0.05, 0) is 135 Å². The predicted molar refractivity (Wildman–Crippen MR) is 245 cm³/mol. The van der Waals surface area contributed by atoms with E-state index in [1.54, 1.807) is 0 Å². The van der Waals surface area contributed by atoms with E-state index in [1.165, 1.54) is 71.2 Å². The van der Waals surface area contributed by atoms with Gasteiger partial charge in [-0.15, -0.1) is 0 Å². The van der Waals surface area contributed by atoms with Crippen LogP contribution in [-0.2, 0) is 5.41 Å². The normalized spacial score (nSPS) is 13.7. The summed E-state index contributed by atoms with van der Waals surface area (Å²) in [6.07, 6.45) is 4.45. The molecule has 1 aliphatic rings. The summed E-state index contributed by atoms with van der Waals surface area (Å²) < 4.78 is 2.44. The molecule has 0 radical (unpaired) electrons. The minimum atomic E-state index is -0.104. The summed E-state index contributed by atoms with van der Waals surface area (Å²) in [7, 11) is 0. The van der Waals surface area contributed by atoms with Crippen molar-refractivity contribution in [2.24, 2.45) is 0 Å². The van der Waals surface area contributed by atoms with Crippen molar-refractivity contribution < 1.29 is 0 Å². The molecule has 0 bridgehead atoms. The van der Waals surface area contributed by atoms with Crippen LogP contribution < -0.4 is 4.90 Å². The molecule has 0 saturated carbocycles. The van der Waals surface area contributed by atoms with E-state index >= 15 is 0 Å². The number of para-hydroxylation sites is 1. The first kappa shape index (κ1) is 34.6. The van der Waals surface area contributed by atoms with E-state index in [2.05, 4.69) is 219 Å². The summed E-state index contributed by atoms with van der Waals surface area (Å²) in [6.45, 7) is 13.8. The van der Waals surface area contributed by atoms with Crippen molar-refractivity contribution in [3.05, 3.63) is 217 Å². The fourth-order valence-corrected chi connectivity index (χ4v) is 9.24. The van der Waals surface area contributed by atoms with Gasteiger partial charge in [-0.3, -0.25) is 0 Å². The lowest BCUT2D eigenvalue weighted by Crippen LogP contribution is -2.16. The van der Waals surface area contributed by atoms with Gasteiger partial charge in [0.05, 0.1) is 11.0 Å². The third-order valence-corrected chi connectivity index (χ3v) is 12.2. The fraction of sp³-hybridized carbons (Fsp3) is 0.0909. The molecule has 8 aromatic carbocycles. The third kappa shape index (κ3) is 5.55.